The van der Waals surface area contributed by atoms with Gasteiger partial charge in [-0.2, -0.15) is 4.99 Å². The molecule has 1 saturated heterocycles. The van der Waals surface area contributed by atoms with Gasteiger partial charge in [0.1, 0.15) is 30.1 Å². The Morgan fingerprint density at radius 3 is 2.52 bits per heavy atom. The normalized spacial score (nSPS) is 16.7. The first kappa shape index (κ1) is 36.5. The van der Waals surface area contributed by atoms with Crippen LogP contribution < -0.4 is 26.0 Å². The zero-order valence-corrected chi connectivity index (χ0v) is 30.7. The maximum Gasteiger partial charge on any atom is 0.250 e. The van der Waals surface area contributed by atoms with Crippen LogP contribution in [0.4, 0.5) is 0 Å². The van der Waals surface area contributed by atoms with E-state index in [0.29, 0.717) is 45.2 Å². The molecule has 0 bridgehead atoms. The van der Waals surface area contributed by atoms with Crippen molar-refractivity contribution in [1.29, 1.82) is 0 Å². The Hall–Kier alpha value is -5.27. The molecule has 1 amide bonds. The summed E-state index contributed by atoms with van der Waals surface area (Å²) in [6.07, 6.45) is 10.2. The van der Waals surface area contributed by atoms with Crippen molar-refractivity contribution in [1.82, 2.24) is 26.2 Å². The van der Waals surface area contributed by atoms with E-state index in [1.54, 1.807) is 7.11 Å². The smallest absolute Gasteiger partial charge is 0.250 e. The Kier molecular flexibility index (Phi) is 12.1. The lowest BCUT2D eigenvalue weighted by Crippen LogP contribution is -2.49. The van der Waals surface area contributed by atoms with Gasteiger partial charge in [-0.25, -0.2) is 0 Å². The lowest BCUT2D eigenvalue weighted by Gasteiger charge is -2.32. The number of aryl methyl sites for hydroxylation is 2. The van der Waals surface area contributed by atoms with Crippen LogP contribution in [-0.2, 0) is 42.1 Å². The molecule has 6 rings (SSSR count). The van der Waals surface area contributed by atoms with Crippen molar-refractivity contribution in [2.24, 2.45) is 9.98 Å². The lowest BCUT2D eigenvalue weighted by atomic mass is 9.80. The van der Waals surface area contributed by atoms with Crippen LogP contribution in [0.5, 0.6) is 5.75 Å². The SMILES string of the molecule is C#C/N=C(/CNCCC)NCc1cc2c3c(c1)OCc1cc(CN/C(=N\CC)C4CCCN4C(=O)[C@H](NC(=C)OC)c4ccccc4)cc(c1-3)CC2. The highest BCUT2D eigenvalue weighted by Gasteiger charge is 2.37. The standard InChI is InChI=1S/C42H51N7O3/c1-6-18-43-26-37(44-7-2)46-24-30-21-33-17-16-32-20-29(22-34-27-52-36(23-30)39(33)38(32)34)25-47-41(45-8-3)35-15-12-19-49(35)42(50)40(48-28(4)51-5)31-13-10-9-11-14-31/h2,9-11,13-14,20-23,35,40,43,48H,4,6,8,12,15-19,24-27H2,1,3,5H3,(H,44,46)(H,45,47)/t35?,40-/m1/s1. The molecule has 52 heavy (non-hydrogen) atoms. The first-order valence-corrected chi connectivity index (χ1v) is 18.5. The predicted molar refractivity (Wildman–Crippen MR) is 208 cm³/mol. The molecule has 272 valence electrons. The lowest BCUT2D eigenvalue weighted by molar-refractivity contribution is -0.133. The summed E-state index contributed by atoms with van der Waals surface area (Å²) in [5.41, 5.74) is 9.61. The van der Waals surface area contributed by atoms with Gasteiger partial charge < -0.3 is 35.6 Å². The Labute approximate surface area is 308 Å². The number of ether oxygens (including phenoxy) is 2. The van der Waals surface area contributed by atoms with Crippen LogP contribution in [0, 0.1) is 12.5 Å². The minimum atomic E-state index is -0.612. The number of nitrogens with zero attached hydrogens (tertiary/aromatic N) is 3. The van der Waals surface area contributed by atoms with Gasteiger partial charge in [0.25, 0.3) is 0 Å². The molecule has 0 radical (unpaired) electrons. The van der Waals surface area contributed by atoms with Crippen LogP contribution in [0.15, 0.2) is 77.0 Å². The van der Waals surface area contributed by atoms with E-state index >= 15 is 0 Å². The number of terminal acetylenes is 1. The molecular formula is C42H51N7O3. The molecule has 3 aromatic carbocycles. The third-order valence-corrected chi connectivity index (χ3v) is 9.90. The van der Waals surface area contributed by atoms with Crippen LogP contribution in [0.1, 0.15) is 72.5 Å². The van der Waals surface area contributed by atoms with Gasteiger partial charge >= 0.3 is 0 Å². The number of rotatable bonds is 15. The summed E-state index contributed by atoms with van der Waals surface area (Å²) < 4.78 is 11.7. The number of likely N-dealkylation sites (tertiary alicyclic amines) is 1. The van der Waals surface area contributed by atoms with E-state index in [1.165, 1.54) is 33.4 Å². The van der Waals surface area contributed by atoms with Gasteiger partial charge in [-0.1, -0.05) is 55.8 Å². The zero-order chi connectivity index (χ0) is 36.5. The molecule has 2 atom stereocenters. The average molecular weight is 702 g/mol. The predicted octanol–water partition coefficient (Wildman–Crippen LogP) is 5.37. The zero-order valence-electron chi connectivity index (χ0n) is 30.7. The number of methoxy groups -OCH3 is 1. The summed E-state index contributed by atoms with van der Waals surface area (Å²) >= 11 is 0. The Morgan fingerprint density at radius 1 is 1.06 bits per heavy atom. The van der Waals surface area contributed by atoms with Crippen LogP contribution in [-0.4, -0.2) is 61.8 Å². The van der Waals surface area contributed by atoms with Crippen molar-refractivity contribution < 1.29 is 14.3 Å². The molecule has 3 aromatic rings. The number of aliphatic imine (C=N–C) groups is 2. The van der Waals surface area contributed by atoms with Crippen molar-refractivity contribution in [2.45, 2.75) is 77.7 Å². The van der Waals surface area contributed by atoms with E-state index < -0.39 is 6.04 Å². The first-order chi connectivity index (χ1) is 25.4. The summed E-state index contributed by atoms with van der Waals surface area (Å²) in [5, 5.41) is 13.6. The van der Waals surface area contributed by atoms with Crippen LogP contribution in [0.25, 0.3) is 11.1 Å². The molecule has 3 aliphatic rings. The summed E-state index contributed by atoms with van der Waals surface area (Å²) in [4.78, 5) is 25.2. The van der Waals surface area contributed by atoms with Crippen LogP contribution in [0.2, 0.25) is 0 Å². The van der Waals surface area contributed by atoms with Gasteiger partial charge in [0, 0.05) is 37.8 Å². The highest BCUT2D eigenvalue weighted by atomic mass is 16.5. The summed E-state index contributed by atoms with van der Waals surface area (Å²) in [7, 11) is 1.55. The number of hydrogen-bond donors (Lipinski definition) is 4. The van der Waals surface area contributed by atoms with E-state index in [0.717, 1.165) is 67.2 Å². The summed E-state index contributed by atoms with van der Waals surface area (Å²) in [6.45, 7) is 12.7. The maximum absolute atomic E-state index is 14.2. The van der Waals surface area contributed by atoms with Gasteiger partial charge in [0.15, 0.2) is 5.88 Å². The Bertz CT molecular complexity index is 1810. The molecule has 2 heterocycles. The molecule has 1 aliphatic carbocycles. The number of amidine groups is 2. The quantitative estimate of drug-likeness (QED) is 0.0555. The topological polar surface area (TPSA) is 112 Å². The molecule has 10 nitrogen and oxygen atoms in total. The number of hydrogen-bond acceptors (Lipinski definition) is 7. The fraction of sp³-hybridized carbons (Fsp3) is 0.405. The molecule has 0 spiro atoms. The Morgan fingerprint density at radius 2 is 1.79 bits per heavy atom. The molecule has 0 aromatic heterocycles. The minimum absolute atomic E-state index is 0.0219. The maximum atomic E-state index is 14.2. The molecule has 10 heteroatoms. The molecular weight excluding hydrogens is 651 g/mol. The number of benzene rings is 3. The minimum Gasteiger partial charge on any atom is -0.488 e. The first-order valence-electron chi connectivity index (χ1n) is 18.5. The van der Waals surface area contributed by atoms with E-state index in [4.69, 9.17) is 20.9 Å². The molecule has 1 fully saturated rings. The van der Waals surface area contributed by atoms with Gasteiger partial charge in [0.2, 0.25) is 5.91 Å². The van der Waals surface area contributed by atoms with Gasteiger partial charge in [-0.3, -0.25) is 9.79 Å². The average Bonchev–Trinajstić information content (AvgIpc) is 3.66. The molecule has 0 saturated carbocycles. The van der Waals surface area contributed by atoms with Crippen molar-refractivity contribution >= 4 is 17.6 Å². The third kappa shape index (κ3) is 8.27. The van der Waals surface area contributed by atoms with E-state index in [-0.39, 0.29) is 11.9 Å². The van der Waals surface area contributed by atoms with E-state index in [2.05, 4.69) is 70.1 Å². The molecule has 1 unspecified atom stereocenters. The Balaban J connectivity index is 1.17. The second kappa shape index (κ2) is 17.3. The molecule has 4 N–H and O–H groups in total. The van der Waals surface area contributed by atoms with Crippen molar-refractivity contribution in [3.8, 4) is 29.3 Å². The fourth-order valence-electron chi connectivity index (χ4n) is 7.51. The highest BCUT2D eigenvalue weighted by molar-refractivity contribution is 5.94. The third-order valence-electron chi connectivity index (χ3n) is 9.90. The number of amides is 1. The van der Waals surface area contributed by atoms with Crippen LogP contribution >= 0.6 is 0 Å². The van der Waals surface area contributed by atoms with E-state index in [9.17, 15) is 4.79 Å². The summed E-state index contributed by atoms with van der Waals surface area (Å²) in [5.74, 6) is 2.87. The second-order valence-corrected chi connectivity index (χ2v) is 13.4. The summed E-state index contributed by atoms with van der Waals surface area (Å²) in [6, 6.07) is 20.4. The number of nitrogens with one attached hydrogen (secondary N) is 4. The second-order valence-electron chi connectivity index (χ2n) is 13.4. The number of carbonyl (C=O) groups excluding carboxylic acids is 1. The van der Waals surface area contributed by atoms with Crippen LogP contribution in [0.3, 0.4) is 0 Å². The fourth-order valence-corrected chi connectivity index (χ4v) is 7.51. The molecule has 2 aliphatic heterocycles. The number of carbonyl (C=O) groups is 1. The highest BCUT2D eigenvalue weighted by Crippen LogP contribution is 2.46. The van der Waals surface area contributed by atoms with E-state index in [1.807, 2.05) is 42.2 Å². The van der Waals surface area contributed by atoms with Gasteiger partial charge in [-0.05, 0) is 103 Å². The van der Waals surface area contributed by atoms with Crippen molar-refractivity contribution in [3.63, 3.8) is 0 Å². The van der Waals surface area contributed by atoms with Gasteiger partial charge in [0.05, 0.1) is 19.7 Å². The van der Waals surface area contributed by atoms with Gasteiger partial charge in [-0.15, -0.1) is 0 Å². The largest absolute Gasteiger partial charge is 0.488 e. The van der Waals surface area contributed by atoms with Crippen molar-refractivity contribution in [3.05, 3.63) is 100 Å². The van der Waals surface area contributed by atoms with Crippen molar-refractivity contribution in [2.75, 3.05) is 33.3 Å². The monoisotopic (exact) mass is 701 g/mol.